The van der Waals surface area contributed by atoms with Gasteiger partial charge in [0.1, 0.15) is 5.82 Å². The van der Waals surface area contributed by atoms with E-state index in [4.69, 9.17) is 9.26 Å². The minimum absolute atomic E-state index is 0.632. The van der Waals surface area contributed by atoms with E-state index in [0.29, 0.717) is 5.92 Å². The monoisotopic (exact) mass is 357 g/mol. The highest BCUT2D eigenvalue weighted by Gasteiger charge is 2.27. The molecule has 0 saturated heterocycles. The van der Waals surface area contributed by atoms with Crippen LogP contribution in [0.2, 0.25) is 0 Å². The zero-order valence-corrected chi connectivity index (χ0v) is 15.4. The highest BCUT2D eigenvalue weighted by atomic mass is 16.5. The van der Waals surface area contributed by atoms with Crippen molar-refractivity contribution < 1.29 is 9.26 Å². The number of ether oxygens (including phenoxy) is 1. The first-order valence-electron chi connectivity index (χ1n) is 9.55. The summed E-state index contributed by atoms with van der Waals surface area (Å²) < 4.78 is 10.9. The predicted molar refractivity (Wildman–Crippen MR) is 98.8 cm³/mol. The topological polar surface area (TPSA) is 70.4 Å². The SMILES string of the molecule is CCOCCCc1cc(N2CC=CN(Cc3cc(C4CC4)no3)C2)[nH]n1. The van der Waals surface area contributed by atoms with Crippen molar-refractivity contribution in [2.24, 2.45) is 0 Å². The van der Waals surface area contributed by atoms with E-state index >= 15 is 0 Å². The molecule has 1 N–H and O–H groups in total. The summed E-state index contributed by atoms with van der Waals surface area (Å²) in [5.41, 5.74) is 2.20. The van der Waals surface area contributed by atoms with Crippen molar-refractivity contribution in [3.05, 3.63) is 41.6 Å². The second-order valence-corrected chi connectivity index (χ2v) is 7.03. The van der Waals surface area contributed by atoms with Gasteiger partial charge in [-0.25, -0.2) is 0 Å². The summed E-state index contributed by atoms with van der Waals surface area (Å²) in [5, 5.41) is 11.8. The van der Waals surface area contributed by atoms with E-state index in [9.17, 15) is 0 Å². The number of nitrogens with zero attached hydrogens (tertiary/aromatic N) is 4. The highest BCUT2D eigenvalue weighted by molar-refractivity contribution is 5.41. The molecule has 26 heavy (non-hydrogen) atoms. The summed E-state index contributed by atoms with van der Waals surface area (Å²) in [6.07, 6.45) is 8.73. The fourth-order valence-electron chi connectivity index (χ4n) is 3.24. The molecule has 3 heterocycles. The number of hydrogen-bond donors (Lipinski definition) is 1. The van der Waals surface area contributed by atoms with Crippen molar-refractivity contribution in [2.45, 2.75) is 45.1 Å². The summed E-state index contributed by atoms with van der Waals surface area (Å²) in [6, 6.07) is 4.25. The molecule has 2 aromatic heterocycles. The predicted octanol–water partition coefficient (Wildman–Crippen LogP) is 3.04. The van der Waals surface area contributed by atoms with Gasteiger partial charge in [-0.3, -0.25) is 5.10 Å². The Balaban J connectivity index is 1.30. The molecule has 2 aromatic rings. The standard InChI is InChI=1S/C19H27N5O2/c1-2-25-10-3-5-16-11-19(21-20-16)24-9-4-8-23(14-24)13-17-12-18(22-26-17)15-6-7-15/h4,8,11-12,15H,2-3,5-7,9-10,13-14H2,1H3,(H,20,21). The van der Waals surface area contributed by atoms with E-state index in [1.54, 1.807) is 0 Å². The van der Waals surface area contributed by atoms with Gasteiger partial charge in [0.2, 0.25) is 0 Å². The zero-order valence-electron chi connectivity index (χ0n) is 15.4. The van der Waals surface area contributed by atoms with Crippen LogP contribution >= 0.6 is 0 Å². The average molecular weight is 357 g/mol. The lowest BCUT2D eigenvalue weighted by atomic mass is 10.2. The van der Waals surface area contributed by atoms with Gasteiger partial charge < -0.3 is 19.1 Å². The molecule has 7 nitrogen and oxygen atoms in total. The third-order valence-corrected chi connectivity index (χ3v) is 4.81. The number of anilines is 1. The van der Waals surface area contributed by atoms with Gasteiger partial charge in [0.15, 0.2) is 5.76 Å². The summed E-state index contributed by atoms with van der Waals surface area (Å²) in [7, 11) is 0. The summed E-state index contributed by atoms with van der Waals surface area (Å²) >= 11 is 0. The minimum atomic E-state index is 0.632. The van der Waals surface area contributed by atoms with Crippen LogP contribution in [0.25, 0.3) is 0 Å². The second-order valence-electron chi connectivity index (χ2n) is 7.03. The van der Waals surface area contributed by atoms with Gasteiger partial charge in [-0.2, -0.15) is 5.10 Å². The van der Waals surface area contributed by atoms with Crippen molar-refractivity contribution in [1.29, 1.82) is 0 Å². The van der Waals surface area contributed by atoms with Crippen LogP contribution in [-0.2, 0) is 17.7 Å². The van der Waals surface area contributed by atoms with E-state index < -0.39 is 0 Å². The van der Waals surface area contributed by atoms with Crippen LogP contribution in [0.4, 0.5) is 5.82 Å². The lowest BCUT2D eigenvalue weighted by Gasteiger charge is -2.32. The Hall–Kier alpha value is -2.28. The van der Waals surface area contributed by atoms with Crippen molar-refractivity contribution in [3.8, 4) is 0 Å². The first-order chi connectivity index (χ1) is 12.8. The van der Waals surface area contributed by atoms with Gasteiger partial charge in [-0.15, -0.1) is 0 Å². The Labute approximate surface area is 154 Å². The van der Waals surface area contributed by atoms with E-state index in [-0.39, 0.29) is 0 Å². The number of aromatic amines is 1. The largest absolute Gasteiger partial charge is 0.382 e. The molecule has 0 unspecified atom stereocenters. The van der Waals surface area contributed by atoms with Crippen molar-refractivity contribution in [1.82, 2.24) is 20.3 Å². The van der Waals surface area contributed by atoms with Gasteiger partial charge in [0, 0.05) is 37.8 Å². The van der Waals surface area contributed by atoms with Crippen molar-refractivity contribution in [3.63, 3.8) is 0 Å². The molecule has 1 aliphatic carbocycles. The second kappa shape index (κ2) is 7.95. The Kier molecular flexibility index (Phi) is 5.24. The van der Waals surface area contributed by atoms with Gasteiger partial charge >= 0.3 is 0 Å². The van der Waals surface area contributed by atoms with Gasteiger partial charge in [0.25, 0.3) is 0 Å². The molecule has 0 atom stereocenters. The van der Waals surface area contributed by atoms with E-state index in [2.05, 4.69) is 49.6 Å². The lowest BCUT2D eigenvalue weighted by molar-refractivity contribution is 0.145. The first kappa shape index (κ1) is 17.1. The summed E-state index contributed by atoms with van der Waals surface area (Å²) in [6.45, 7) is 6.00. The first-order valence-corrected chi connectivity index (χ1v) is 9.55. The van der Waals surface area contributed by atoms with Crippen molar-refractivity contribution in [2.75, 3.05) is 31.3 Å². The van der Waals surface area contributed by atoms with Gasteiger partial charge in [-0.05, 0) is 44.9 Å². The molecular weight excluding hydrogens is 330 g/mol. The van der Waals surface area contributed by atoms with Crippen molar-refractivity contribution >= 4 is 5.82 Å². The Bertz CT molecular complexity index is 734. The number of hydrogen-bond acceptors (Lipinski definition) is 6. The number of aryl methyl sites for hydroxylation is 1. The third-order valence-electron chi connectivity index (χ3n) is 4.81. The number of H-pyrrole nitrogens is 1. The van der Waals surface area contributed by atoms with Crippen LogP contribution in [0, 0.1) is 0 Å². The van der Waals surface area contributed by atoms with E-state index in [0.717, 1.165) is 68.8 Å². The Morgan fingerprint density at radius 2 is 2.27 bits per heavy atom. The molecule has 1 aliphatic heterocycles. The fraction of sp³-hybridized carbons (Fsp3) is 0.579. The number of aromatic nitrogens is 3. The van der Waals surface area contributed by atoms with Crippen LogP contribution in [0.3, 0.4) is 0 Å². The molecule has 140 valence electrons. The summed E-state index contributed by atoms with van der Waals surface area (Å²) in [5.74, 6) is 2.62. The molecule has 7 heteroatoms. The van der Waals surface area contributed by atoms with Crippen LogP contribution < -0.4 is 4.90 Å². The molecule has 1 saturated carbocycles. The molecular formula is C19H27N5O2. The van der Waals surface area contributed by atoms with Crippen LogP contribution in [-0.4, -0.2) is 46.7 Å². The number of rotatable bonds is 9. The Morgan fingerprint density at radius 1 is 1.35 bits per heavy atom. The maximum absolute atomic E-state index is 5.50. The normalized spacial score (nSPS) is 17.3. The van der Waals surface area contributed by atoms with Gasteiger partial charge in [0.05, 0.1) is 24.6 Å². The Morgan fingerprint density at radius 3 is 3.12 bits per heavy atom. The average Bonchev–Trinajstić information content (AvgIpc) is 3.22. The maximum atomic E-state index is 5.50. The molecule has 4 rings (SSSR count). The quantitative estimate of drug-likeness (QED) is 0.696. The fourth-order valence-corrected chi connectivity index (χ4v) is 3.24. The van der Waals surface area contributed by atoms with E-state index in [1.807, 2.05) is 6.92 Å². The maximum Gasteiger partial charge on any atom is 0.156 e. The summed E-state index contributed by atoms with van der Waals surface area (Å²) in [4.78, 5) is 4.51. The zero-order chi connectivity index (χ0) is 17.8. The third kappa shape index (κ3) is 4.27. The molecule has 2 aliphatic rings. The smallest absolute Gasteiger partial charge is 0.156 e. The molecule has 0 bridgehead atoms. The molecule has 1 fully saturated rings. The lowest BCUT2D eigenvalue weighted by Crippen LogP contribution is -2.38. The molecule has 0 amide bonds. The van der Waals surface area contributed by atoms with E-state index in [1.165, 1.54) is 12.8 Å². The minimum Gasteiger partial charge on any atom is -0.382 e. The van der Waals surface area contributed by atoms with Crippen LogP contribution in [0.15, 0.2) is 28.9 Å². The molecule has 0 radical (unpaired) electrons. The number of nitrogens with one attached hydrogen (secondary N) is 1. The molecule has 0 aromatic carbocycles. The van der Waals surface area contributed by atoms with Crippen LogP contribution in [0.5, 0.6) is 0 Å². The highest BCUT2D eigenvalue weighted by Crippen LogP contribution is 2.39. The van der Waals surface area contributed by atoms with Crippen LogP contribution in [0.1, 0.15) is 49.3 Å². The van der Waals surface area contributed by atoms with Gasteiger partial charge in [-0.1, -0.05) is 5.16 Å². The molecule has 0 spiro atoms.